The van der Waals surface area contributed by atoms with E-state index in [9.17, 15) is 14.4 Å². The molecule has 7 nitrogen and oxygen atoms in total. The average molecular weight is 416 g/mol. The number of anilines is 1. The van der Waals surface area contributed by atoms with Gasteiger partial charge in [0.05, 0.1) is 29.7 Å². The number of methoxy groups -OCH3 is 1. The highest BCUT2D eigenvalue weighted by Gasteiger charge is 2.30. The van der Waals surface area contributed by atoms with E-state index in [0.717, 1.165) is 24.2 Å². The predicted molar refractivity (Wildman–Crippen MR) is 111 cm³/mol. The van der Waals surface area contributed by atoms with Crippen molar-refractivity contribution in [1.29, 1.82) is 0 Å². The molecule has 1 N–H and O–H groups in total. The number of rotatable bonds is 6. The van der Waals surface area contributed by atoms with Gasteiger partial charge in [0.2, 0.25) is 0 Å². The van der Waals surface area contributed by atoms with Crippen molar-refractivity contribution >= 4 is 34.1 Å². The maximum Gasteiger partial charge on any atom is 0.341 e. The molecule has 154 valence electrons. The molecule has 0 spiro atoms. The largest absolute Gasteiger partial charge is 0.496 e. The number of likely N-dealkylation sites (tertiary alicyclic amines) is 1. The predicted octanol–water partition coefficient (Wildman–Crippen LogP) is 3.73. The van der Waals surface area contributed by atoms with E-state index in [0.29, 0.717) is 39.8 Å². The van der Waals surface area contributed by atoms with Crippen LogP contribution in [0.4, 0.5) is 5.00 Å². The molecule has 0 radical (unpaired) electrons. The molecule has 0 aliphatic carbocycles. The Morgan fingerprint density at radius 3 is 2.52 bits per heavy atom. The molecule has 3 rings (SSSR count). The molecular formula is C21H24N2O5S. The van der Waals surface area contributed by atoms with Crippen molar-refractivity contribution in [3.8, 4) is 5.75 Å². The standard InChI is InChI=1S/C21H24N2O5S/c1-4-28-21(26)16-13(2)17(20(25)23-11-7-8-12-23)29-19(16)22-18(24)14-9-5-6-10-15(14)27-3/h5-6,9-10H,4,7-8,11-12H2,1-3H3,(H,22,24). The molecule has 1 aliphatic rings. The topological polar surface area (TPSA) is 84.9 Å². The molecule has 0 atom stereocenters. The third-order valence-corrected chi connectivity index (χ3v) is 5.99. The van der Waals surface area contributed by atoms with Crippen molar-refractivity contribution < 1.29 is 23.9 Å². The zero-order valence-corrected chi connectivity index (χ0v) is 17.6. The molecule has 2 amide bonds. The van der Waals surface area contributed by atoms with Crippen molar-refractivity contribution in [2.45, 2.75) is 26.7 Å². The van der Waals surface area contributed by atoms with Crippen molar-refractivity contribution in [1.82, 2.24) is 4.90 Å². The summed E-state index contributed by atoms with van der Waals surface area (Å²) < 4.78 is 10.4. The number of ether oxygens (including phenoxy) is 2. The van der Waals surface area contributed by atoms with Crippen LogP contribution in [0.15, 0.2) is 24.3 Å². The van der Waals surface area contributed by atoms with E-state index >= 15 is 0 Å². The second-order valence-corrected chi connectivity index (χ2v) is 7.66. The monoisotopic (exact) mass is 416 g/mol. The van der Waals surface area contributed by atoms with Crippen LogP contribution in [0.1, 0.15) is 55.7 Å². The molecule has 1 aliphatic heterocycles. The minimum Gasteiger partial charge on any atom is -0.496 e. The highest BCUT2D eigenvalue weighted by molar-refractivity contribution is 7.18. The number of thiophene rings is 1. The van der Waals surface area contributed by atoms with Crippen LogP contribution in [0, 0.1) is 6.92 Å². The second kappa shape index (κ2) is 9.09. The van der Waals surface area contributed by atoms with Crippen LogP contribution >= 0.6 is 11.3 Å². The van der Waals surface area contributed by atoms with Gasteiger partial charge < -0.3 is 19.7 Å². The lowest BCUT2D eigenvalue weighted by atomic mass is 10.1. The second-order valence-electron chi connectivity index (χ2n) is 6.63. The zero-order valence-electron chi connectivity index (χ0n) is 16.7. The van der Waals surface area contributed by atoms with E-state index in [2.05, 4.69) is 5.32 Å². The molecule has 1 fully saturated rings. The molecule has 0 unspecified atom stereocenters. The van der Waals surface area contributed by atoms with Gasteiger partial charge in [0.25, 0.3) is 11.8 Å². The lowest BCUT2D eigenvalue weighted by Crippen LogP contribution is -2.27. The number of esters is 1. The summed E-state index contributed by atoms with van der Waals surface area (Å²) in [5.74, 6) is -0.677. The number of para-hydroxylation sites is 1. The van der Waals surface area contributed by atoms with Gasteiger partial charge in [-0.15, -0.1) is 11.3 Å². The van der Waals surface area contributed by atoms with E-state index in [1.54, 1.807) is 43.0 Å². The highest BCUT2D eigenvalue weighted by atomic mass is 32.1. The SMILES string of the molecule is CCOC(=O)c1c(NC(=O)c2ccccc2OC)sc(C(=O)N2CCCC2)c1C. The normalized spacial score (nSPS) is 13.3. The van der Waals surface area contributed by atoms with Crippen LogP contribution in [0.3, 0.4) is 0 Å². The van der Waals surface area contributed by atoms with Crippen molar-refractivity contribution in [3.63, 3.8) is 0 Å². The molecule has 8 heteroatoms. The quantitative estimate of drug-likeness (QED) is 0.726. The lowest BCUT2D eigenvalue weighted by molar-refractivity contribution is 0.0527. The number of amides is 2. The number of benzene rings is 1. The smallest absolute Gasteiger partial charge is 0.341 e. The molecular weight excluding hydrogens is 392 g/mol. The van der Waals surface area contributed by atoms with Crippen molar-refractivity contribution in [2.24, 2.45) is 0 Å². The summed E-state index contributed by atoms with van der Waals surface area (Å²) in [4.78, 5) is 40.6. The summed E-state index contributed by atoms with van der Waals surface area (Å²) in [5, 5.41) is 3.08. The maximum absolute atomic E-state index is 12.9. The fourth-order valence-corrected chi connectivity index (χ4v) is 4.48. The maximum atomic E-state index is 12.9. The van der Waals surface area contributed by atoms with Gasteiger partial charge in [-0.25, -0.2) is 4.79 Å². The number of carbonyl (C=O) groups excluding carboxylic acids is 3. The van der Waals surface area contributed by atoms with Gasteiger partial charge in [-0.3, -0.25) is 9.59 Å². The fraction of sp³-hybridized carbons (Fsp3) is 0.381. The molecule has 29 heavy (non-hydrogen) atoms. The average Bonchev–Trinajstić information content (AvgIpc) is 3.36. The molecule has 0 saturated carbocycles. The minimum absolute atomic E-state index is 0.117. The van der Waals surface area contributed by atoms with E-state index in [1.807, 2.05) is 0 Å². The first-order valence-corrected chi connectivity index (χ1v) is 10.3. The van der Waals surface area contributed by atoms with Crippen LogP contribution in [-0.2, 0) is 4.74 Å². The van der Waals surface area contributed by atoms with Gasteiger partial charge in [0, 0.05) is 13.1 Å². The summed E-state index contributed by atoms with van der Waals surface area (Å²) in [6.45, 7) is 5.03. The summed E-state index contributed by atoms with van der Waals surface area (Å²) in [5.41, 5.74) is 1.09. The van der Waals surface area contributed by atoms with Crippen molar-refractivity contribution in [2.75, 3.05) is 32.1 Å². The Hall–Kier alpha value is -2.87. The first kappa shape index (κ1) is 20.9. The molecule has 2 heterocycles. The Labute approximate surface area is 173 Å². The number of carbonyl (C=O) groups is 3. The molecule has 2 aromatic rings. The Bertz CT molecular complexity index is 931. The number of hydrogen-bond acceptors (Lipinski definition) is 6. The molecule has 1 aromatic heterocycles. The van der Waals surface area contributed by atoms with Crippen LogP contribution in [-0.4, -0.2) is 49.5 Å². The molecule has 1 saturated heterocycles. The summed E-state index contributed by atoms with van der Waals surface area (Å²) in [7, 11) is 1.48. The Morgan fingerprint density at radius 1 is 1.17 bits per heavy atom. The Morgan fingerprint density at radius 2 is 1.86 bits per heavy atom. The third-order valence-electron chi connectivity index (χ3n) is 4.79. The van der Waals surface area contributed by atoms with E-state index in [4.69, 9.17) is 9.47 Å². The van der Waals surface area contributed by atoms with Crippen LogP contribution in [0.25, 0.3) is 0 Å². The van der Waals surface area contributed by atoms with E-state index in [-0.39, 0.29) is 18.1 Å². The van der Waals surface area contributed by atoms with Crippen LogP contribution in [0.2, 0.25) is 0 Å². The van der Waals surface area contributed by atoms with Crippen molar-refractivity contribution in [3.05, 3.63) is 45.8 Å². The summed E-state index contributed by atoms with van der Waals surface area (Å²) in [6.07, 6.45) is 1.94. The first-order valence-electron chi connectivity index (χ1n) is 9.52. The van der Waals surface area contributed by atoms with Gasteiger partial charge in [0.15, 0.2) is 0 Å². The summed E-state index contributed by atoms with van der Waals surface area (Å²) in [6, 6.07) is 6.81. The number of hydrogen-bond donors (Lipinski definition) is 1. The zero-order chi connectivity index (χ0) is 21.0. The van der Waals surface area contributed by atoms with E-state index < -0.39 is 11.9 Å². The van der Waals surface area contributed by atoms with Gasteiger partial charge in [0.1, 0.15) is 10.8 Å². The Kier molecular flexibility index (Phi) is 6.53. The van der Waals surface area contributed by atoms with Crippen LogP contribution in [0.5, 0.6) is 5.75 Å². The van der Waals surface area contributed by atoms with Crippen LogP contribution < -0.4 is 10.1 Å². The fourth-order valence-electron chi connectivity index (χ4n) is 3.32. The third kappa shape index (κ3) is 4.27. The summed E-state index contributed by atoms with van der Waals surface area (Å²) >= 11 is 1.11. The van der Waals surface area contributed by atoms with Gasteiger partial charge in [-0.1, -0.05) is 12.1 Å². The van der Waals surface area contributed by atoms with Gasteiger partial charge in [-0.05, 0) is 44.4 Å². The first-order chi connectivity index (χ1) is 14.0. The number of nitrogens with one attached hydrogen (secondary N) is 1. The van der Waals surface area contributed by atoms with E-state index in [1.165, 1.54) is 7.11 Å². The molecule has 1 aromatic carbocycles. The Balaban J connectivity index is 1.97. The highest BCUT2D eigenvalue weighted by Crippen LogP contribution is 2.36. The van der Waals surface area contributed by atoms with Gasteiger partial charge in [-0.2, -0.15) is 0 Å². The van der Waals surface area contributed by atoms with Gasteiger partial charge >= 0.3 is 5.97 Å². The number of nitrogens with zero attached hydrogens (tertiary/aromatic N) is 1. The molecule has 0 bridgehead atoms. The lowest BCUT2D eigenvalue weighted by Gasteiger charge is -2.14. The minimum atomic E-state index is -0.558.